The zero-order valence-electron chi connectivity index (χ0n) is 21.3. The number of alkyl halides is 3. The maximum absolute atomic E-state index is 13.4. The molecule has 1 unspecified atom stereocenters. The summed E-state index contributed by atoms with van der Waals surface area (Å²) >= 11 is 0. The Bertz CT molecular complexity index is 1500. The van der Waals surface area contributed by atoms with E-state index in [0.717, 1.165) is 28.5 Å². The van der Waals surface area contributed by atoms with Gasteiger partial charge in [-0.25, -0.2) is 0 Å². The van der Waals surface area contributed by atoms with Gasteiger partial charge in [-0.3, -0.25) is 19.7 Å². The summed E-state index contributed by atoms with van der Waals surface area (Å²) in [6.45, 7) is 3.74. The molecule has 1 aliphatic rings. The molecular weight excluding hydrogens is 505 g/mol. The fraction of sp³-hybridized carbons (Fsp3) is 0.233. The summed E-state index contributed by atoms with van der Waals surface area (Å²) in [6.07, 6.45) is 0.386. The number of rotatable bonds is 7. The highest BCUT2D eigenvalue weighted by Crippen LogP contribution is 2.32. The molecule has 0 saturated heterocycles. The number of hydrogen-bond acceptors (Lipinski definition) is 6. The van der Waals surface area contributed by atoms with Gasteiger partial charge in [0.25, 0.3) is 0 Å². The summed E-state index contributed by atoms with van der Waals surface area (Å²) in [5.41, 5.74) is 4.71. The van der Waals surface area contributed by atoms with E-state index < -0.39 is 11.9 Å². The lowest BCUT2D eigenvalue weighted by Gasteiger charge is -2.14. The number of carbonyl (C=O) groups excluding carboxylic acids is 1. The van der Waals surface area contributed by atoms with Crippen LogP contribution in [0.3, 0.4) is 0 Å². The van der Waals surface area contributed by atoms with Gasteiger partial charge in [0, 0.05) is 48.1 Å². The molecule has 6 nitrogen and oxygen atoms in total. The molecule has 1 aliphatic heterocycles. The van der Waals surface area contributed by atoms with Gasteiger partial charge in [0.05, 0.1) is 17.1 Å². The van der Waals surface area contributed by atoms with Gasteiger partial charge >= 0.3 is 6.18 Å². The smallest absolute Gasteiger partial charge is 0.385 e. The zero-order valence-corrected chi connectivity index (χ0v) is 21.3. The molecule has 0 radical (unpaired) electrons. The van der Waals surface area contributed by atoms with Crippen LogP contribution in [-0.4, -0.2) is 26.4 Å². The molecule has 198 valence electrons. The highest BCUT2D eigenvalue weighted by molar-refractivity contribution is 6.05. The van der Waals surface area contributed by atoms with Crippen LogP contribution in [-0.2, 0) is 11.0 Å². The van der Waals surface area contributed by atoms with Crippen LogP contribution in [0.1, 0.15) is 70.2 Å². The Labute approximate surface area is 223 Å². The van der Waals surface area contributed by atoms with Gasteiger partial charge in [-0.1, -0.05) is 30.3 Å². The molecule has 0 saturated carbocycles. The van der Waals surface area contributed by atoms with E-state index in [0.29, 0.717) is 29.0 Å². The number of Topliss-reactive ketones (excluding diaryl/α,β-unsaturated/α-hetero) is 1. The molecule has 9 heteroatoms. The largest absolute Gasteiger partial charge is 0.433 e. The summed E-state index contributed by atoms with van der Waals surface area (Å²) in [5, 5.41) is 4.29. The number of nitrogens with zero attached hydrogens (tertiary/aromatic N) is 4. The third-order valence-electron chi connectivity index (χ3n) is 6.62. The second kappa shape index (κ2) is 10.8. The van der Waals surface area contributed by atoms with E-state index in [9.17, 15) is 18.0 Å². The minimum absolute atomic E-state index is 0.0940. The lowest BCUT2D eigenvalue weighted by atomic mass is 9.91. The molecule has 0 fully saturated rings. The van der Waals surface area contributed by atoms with Crippen molar-refractivity contribution in [1.82, 2.24) is 15.0 Å². The Morgan fingerprint density at radius 3 is 2.49 bits per heavy atom. The van der Waals surface area contributed by atoms with E-state index in [4.69, 9.17) is 4.84 Å². The first-order chi connectivity index (χ1) is 18.7. The van der Waals surface area contributed by atoms with Crippen molar-refractivity contribution in [2.45, 2.75) is 44.9 Å². The average molecular weight is 531 g/mol. The Kier molecular flexibility index (Phi) is 7.24. The highest BCUT2D eigenvalue weighted by atomic mass is 19.4. The van der Waals surface area contributed by atoms with E-state index in [1.54, 1.807) is 31.5 Å². The van der Waals surface area contributed by atoms with Gasteiger partial charge in [0.1, 0.15) is 5.69 Å². The van der Waals surface area contributed by atoms with Crippen molar-refractivity contribution < 1.29 is 22.8 Å². The van der Waals surface area contributed by atoms with E-state index >= 15 is 0 Å². The Balaban J connectivity index is 1.42. The van der Waals surface area contributed by atoms with E-state index in [1.165, 1.54) is 12.3 Å². The maximum atomic E-state index is 13.4. The molecule has 4 heterocycles. The lowest BCUT2D eigenvalue weighted by Crippen LogP contribution is -2.10. The molecular formula is C30H25F3N4O2. The van der Waals surface area contributed by atoms with Crippen LogP contribution >= 0.6 is 0 Å². The topological polar surface area (TPSA) is 77.3 Å². The monoisotopic (exact) mass is 530 g/mol. The quantitative estimate of drug-likeness (QED) is 0.238. The summed E-state index contributed by atoms with van der Waals surface area (Å²) in [4.78, 5) is 31.5. The number of aryl methyl sites for hydroxylation is 1. The maximum Gasteiger partial charge on any atom is 0.433 e. The second-order valence-electron chi connectivity index (χ2n) is 9.61. The van der Waals surface area contributed by atoms with E-state index in [-0.39, 0.29) is 24.2 Å². The lowest BCUT2D eigenvalue weighted by molar-refractivity contribution is -0.141. The molecule has 4 aromatic rings. The van der Waals surface area contributed by atoms with Gasteiger partial charge in [0.15, 0.2) is 11.9 Å². The molecule has 0 N–H and O–H groups in total. The highest BCUT2D eigenvalue weighted by Gasteiger charge is 2.32. The third kappa shape index (κ3) is 6.03. The van der Waals surface area contributed by atoms with Gasteiger partial charge in [0.2, 0.25) is 0 Å². The summed E-state index contributed by atoms with van der Waals surface area (Å²) < 4.78 is 38.7. The van der Waals surface area contributed by atoms with Gasteiger partial charge in [-0.05, 0) is 66.4 Å². The molecule has 1 aromatic carbocycles. The van der Waals surface area contributed by atoms with Crippen molar-refractivity contribution in [1.29, 1.82) is 0 Å². The van der Waals surface area contributed by atoms with Crippen LogP contribution in [0.4, 0.5) is 13.2 Å². The first kappa shape index (κ1) is 26.2. The zero-order chi connectivity index (χ0) is 27.6. The van der Waals surface area contributed by atoms with Crippen LogP contribution in [0.5, 0.6) is 0 Å². The first-order valence-electron chi connectivity index (χ1n) is 12.5. The number of carbonyl (C=O) groups is 1. The van der Waals surface area contributed by atoms with Crippen molar-refractivity contribution >= 4 is 11.5 Å². The number of halogens is 3. The summed E-state index contributed by atoms with van der Waals surface area (Å²) in [7, 11) is 0. The summed E-state index contributed by atoms with van der Waals surface area (Å²) in [6, 6.07) is 17.2. The SMILES string of the molecule is Cc1ccc(-c2cc(C(=O)C[C@@H](C)c3ccc(C(F)(F)F)nc3)cc(C3=NOC(c4ccccn4)C3)c2)nc1. The van der Waals surface area contributed by atoms with Gasteiger partial charge in [-0.15, -0.1) is 0 Å². The molecule has 3 aromatic heterocycles. The van der Waals surface area contributed by atoms with Crippen LogP contribution < -0.4 is 0 Å². The Morgan fingerprint density at radius 2 is 1.82 bits per heavy atom. The standard InChI is InChI=1S/C30H25F3N4O2/c1-18-6-8-24(35-16-18)21-12-22(26-15-28(39-37-26)25-5-3-4-10-34-25)14-23(13-21)27(38)11-19(2)20-7-9-29(36-17-20)30(31,32)33/h3-10,12-14,16-17,19,28H,11,15H2,1-2H3/t19-,28?/m1/s1. The predicted molar refractivity (Wildman–Crippen MR) is 140 cm³/mol. The van der Waals surface area contributed by atoms with Crippen molar-refractivity contribution in [2.75, 3.05) is 0 Å². The number of pyridine rings is 3. The summed E-state index contributed by atoms with van der Waals surface area (Å²) in [5.74, 6) is -0.490. The normalized spacial score (nSPS) is 15.9. The number of ketones is 1. The predicted octanol–water partition coefficient (Wildman–Crippen LogP) is 7.11. The first-order valence-corrected chi connectivity index (χ1v) is 12.5. The third-order valence-corrected chi connectivity index (χ3v) is 6.62. The molecule has 0 bridgehead atoms. The van der Waals surface area contributed by atoms with Crippen molar-refractivity contribution in [3.63, 3.8) is 0 Å². The Hall–Kier alpha value is -4.40. The van der Waals surface area contributed by atoms with Crippen LogP contribution in [0.2, 0.25) is 0 Å². The van der Waals surface area contributed by atoms with E-state index in [2.05, 4.69) is 20.1 Å². The van der Waals surface area contributed by atoms with Crippen molar-refractivity contribution in [3.05, 3.63) is 113 Å². The number of aromatic nitrogens is 3. The molecule has 2 atom stereocenters. The number of oxime groups is 1. The van der Waals surface area contributed by atoms with Gasteiger partial charge in [-0.2, -0.15) is 13.2 Å². The fourth-order valence-electron chi connectivity index (χ4n) is 4.39. The minimum atomic E-state index is -4.51. The molecule has 0 aliphatic carbocycles. The number of hydrogen-bond donors (Lipinski definition) is 0. The average Bonchev–Trinajstić information content (AvgIpc) is 3.44. The molecule has 0 amide bonds. The van der Waals surface area contributed by atoms with E-state index in [1.807, 2.05) is 43.3 Å². The van der Waals surface area contributed by atoms with Crippen molar-refractivity contribution in [2.24, 2.45) is 5.16 Å². The van der Waals surface area contributed by atoms with Crippen LogP contribution in [0, 0.1) is 6.92 Å². The van der Waals surface area contributed by atoms with Gasteiger partial charge < -0.3 is 4.84 Å². The molecule has 5 rings (SSSR count). The fourth-order valence-corrected chi connectivity index (χ4v) is 4.39. The second-order valence-corrected chi connectivity index (χ2v) is 9.61. The number of benzene rings is 1. The molecule has 0 spiro atoms. The van der Waals surface area contributed by atoms with Crippen LogP contribution in [0.25, 0.3) is 11.3 Å². The minimum Gasteiger partial charge on any atom is -0.385 e. The Morgan fingerprint density at radius 1 is 1.00 bits per heavy atom. The van der Waals surface area contributed by atoms with Crippen molar-refractivity contribution in [3.8, 4) is 11.3 Å². The van der Waals surface area contributed by atoms with Crippen LogP contribution in [0.15, 0.2) is 84.4 Å². The molecule has 39 heavy (non-hydrogen) atoms.